The molecule has 4 rings (SSSR count). The average molecular weight is 407 g/mol. The quantitative estimate of drug-likeness (QED) is 0.454. The molecule has 0 bridgehead atoms. The number of carbonyl (C=O) groups is 1. The molecule has 29 heavy (non-hydrogen) atoms. The molecule has 7 heteroatoms. The Morgan fingerprint density at radius 1 is 1.21 bits per heavy atom. The summed E-state index contributed by atoms with van der Waals surface area (Å²) in [6.07, 6.45) is 2.82. The van der Waals surface area contributed by atoms with Crippen molar-refractivity contribution in [1.82, 2.24) is 14.9 Å². The molecule has 0 aliphatic rings. The lowest BCUT2D eigenvalue weighted by atomic mass is 10.0. The molecule has 2 heterocycles. The van der Waals surface area contributed by atoms with Gasteiger partial charge in [0.15, 0.2) is 10.9 Å². The number of aliphatic hydroxyl groups excluding tert-OH is 1. The fourth-order valence-corrected chi connectivity index (χ4v) is 3.84. The zero-order valence-corrected chi connectivity index (χ0v) is 16.7. The topological polar surface area (TPSA) is 80.3 Å². The number of benzene rings is 2. The van der Waals surface area contributed by atoms with Crippen molar-refractivity contribution in [2.75, 3.05) is 6.54 Å². The van der Waals surface area contributed by atoms with Crippen molar-refractivity contribution in [3.05, 3.63) is 84.1 Å². The Bertz CT molecular complexity index is 1140. The maximum absolute atomic E-state index is 12.4. The molecular weight excluding hydrogens is 386 g/mol. The fourth-order valence-electron chi connectivity index (χ4n) is 3.01. The van der Waals surface area contributed by atoms with E-state index in [-0.39, 0.29) is 18.2 Å². The first kappa shape index (κ1) is 19.3. The molecule has 0 radical (unpaired) electrons. The monoisotopic (exact) mass is 407 g/mol. The molecule has 0 aliphatic heterocycles. The van der Waals surface area contributed by atoms with Gasteiger partial charge in [-0.1, -0.05) is 48.2 Å². The van der Waals surface area contributed by atoms with Gasteiger partial charge in [-0.3, -0.25) is 4.79 Å². The molecule has 0 aliphatic carbocycles. The first-order chi connectivity index (χ1) is 14.1. The van der Waals surface area contributed by atoms with E-state index in [4.69, 9.17) is 4.42 Å². The molecule has 0 fully saturated rings. The maximum atomic E-state index is 12.4. The van der Waals surface area contributed by atoms with Crippen LogP contribution in [-0.2, 0) is 12.8 Å². The average Bonchev–Trinajstić information content (AvgIpc) is 3.38. The third kappa shape index (κ3) is 4.52. The minimum Gasteiger partial charge on any atom is -0.455 e. The summed E-state index contributed by atoms with van der Waals surface area (Å²) < 4.78 is 7.55. The minimum atomic E-state index is -0.794. The van der Waals surface area contributed by atoms with Crippen LogP contribution in [0.5, 0.6) is 0 Å². The van der Waals surface area contributed by atoms with Gasteiger partial charge in [-0.05, 0) is 34.5 Å². The third-order valence-corrected chi connectivity index (χ3v) is 5.70. The van der Waals surface area contributed by atoms with Crippen LogP contribution in [0.4, 0.5) is 0 Å². The smallest absolute Gasteiger partial charge is 0.287 e. The first-order valence-electron chi connectivity index (χ1n) is 9.24. The number of hydrogen-bond acceptors (Lipinski definition) is 5. The summed E-state index contributed by atoms with van der Waals surface area (Å²) in [6.45, 7) is 0.106. The summed E-state index contributed by atoms with van der Waals surface area (Å²) in [5.74, 6) is 1.15. The molecule has 148 valence electrons. The Morgan fingerprint density at radius 3 is 2.83 bits per heavy atom. The van der Waals surface area contributed by atoms with Crippen molar-refractivity contribution in [1.29, 1.82) is 0 Å². The van der Waals surface area contributed by atoms with E-state index in [2.05, 4.69) is 10.3 Å². The van der Waals surface area contributed by atoms with Crippen molar-refractivity contribution in [2.24, 2.45) is 7.05 Å². The van der Waals surface area contributed by atoms with Crippen LogP contribution in [-0.4, -0.2) is 27.1 Å². The summed E-state index contributed by atoms with van der Waals surface area (Å²) in [5, 5.41) is 16.2. The summed E-state index contributed by atoms with van der Waals surface area (Å²) in [4.78, 5) is 16.6. The molecule has 1 atom stereocenters. The Labute approximate surface area is 172 Å². The van der Waals surface area contributed by atoms with Crippen molar-refractivity contribution in [3.8, 4) is 0 Å². The number of amides is 1. The predicted octanol–water partition coefficient (Wildman–Crippen LogP) is 3.92. The number of carbonyl (C=O) groups excluding carboxylic acids is 1. The van der Waals surface area contributed by atoms with E-state index >= 15 is 0 Å². The fraction of sp³-hybridized carbons (Fsp3) is 0.182. The van der Waals surface area contributed by atoms with Gasteiger partial charge in [0.2, 0.25) is 0 Å². The van der Waals surface area contributed by atoms with Gasteiger partial charge in [-0.25, -0.2) is 4.98 Å². The molecule has 2 aromatic heterocycles. The lowest BCUT2D eigenvalue weighted by Crippen LogP contribution is -2.28. The van der Waals surface area contributed by atoms with E-state index in [1.165, 1.54) is 11.8 Å². The molecule has 0 saturated heterocycles. The number of furan rings is 1. The van der Waals surface area contributed by atoms with Crippen LogP contribution in [0.3, 0.4) is 0 Å². The number of aliphatic hydroxyl groups is 1. The number of aryl methyl sites for hydroxylation is 1. The van der Waals surface area contributed by atoms with Gasteiger partial charge < -0.3 is 19.4 Å². The maximum Gasteiger partial charge on any atom is 0.287 e. The second-order valence-corrected chi connectivity index (χ2v) is 7.65. The summed E-state index contributed by atoms with van der Waals surface area (Å²) in [7, 11) is 1.93. The SMILES string of the molecule is Cn1ccnc1SCc1ccc(C(=O)NCC(O)c2ccc3ccccc3c2)o1. The van der Waals surface area contributed by atoms with Gasteiger partial charge in [0.25, 0.3) is 5.91 Å². The molecule has 2 N–H and O–H groups in total. The molecular formula is C22H21N3O3S. The van der Waals surface area contributed by atoms with Gasteiger partial charge in [-0.15, -0.1) is 0 Å². The van der Waals surface area contributed by atoms with Crippen molar-refractivity contribution in [3.63, 3.8) is 0 Å². The molecule has 4 aromatic rings. The van der Waals surface area contributed by atoms with Crippen LogP contribution in [0.25, 0.3) is 10.8 Å². The normalized spacial score (nSPS) is 12.2. The highest BCUT2D eigenvalue weighted by atomic mass is 32.2. The predicted molar refractivity (Wildman–Crippen MR) is 113 cm³/mol. The Morgan fingerprint density at radius 2 is 2.03 bits per heavy atom. The molecule has 6 nitrogen and oxygen atoms in total. The van der Waals surface area contributed by atoms with Crippen molar-refractivity contribution < 1.29 is 14.3 Å². The van der Waals surface area contributed by atoms with Gasteiger partial charge in [0, 0.05) is 26.0 Å². The Hall–Kier alpha value is -3.03. The van der Waals surface area contributed by atoms with Crippen LogP contribution >= 0.6 is 11.8 Å². The number of rotatable bonds is 7. The van der Waals surface area contributed by atoms with Gasteiger partial charge in [0.1, 0.15) is 5.76 Å². The lowest BCUT2D eigenvalue weighted by molar-refractivity contribution is 0.0887. The standard InChI is InChI=1S/C22H21N3O3S/c1-25-11-10-23-22(25)29-14-18-8-9-20(28-18)21(27)24-13-19(26)17-7-6-15-4-2-3-5-16(15)12-17/h2-12,19,26H,13-14H2,1H3,(H,24,27). The van der Waals surface area contributed by atoms with Gasteiger partial charge in [-0.2, -0.15) is 0 Å². The highest BCUT2D eigenvalue weighted by Gasteiger charge is 2.15. The molecule has 1 amide bonds. The van der Waals surface area contributed by atoms with Crippen LogP contribution in [0.15, 0.2) is 76.6 Å². The zero-order chi connectivity index (χ0) is 20.2. The lowest BCUT2D eigenvalue weighted by Gasteiger charge is -2.12. The first-order valence-corrected chi connectivity index (χ1v) is 10.2. The van der Waals surface area contributed by atoms with Crippen LogP contribution < -0.4 is 5.32 Å². The highest BCUT2D eigenvalue weighted by molar-refractivity contribution is 7.98. The summed E-state index contributed by atoms with van der Waals surface area (Å²) in [6, 6.07) is 17.2. The molecule has 0 spiro atoms. The zero-order valence-electron chi connectivity index (χ0n) is 15.9. The second-order valence-electron chi connectivity index (χ2n) is 6.71. The largest absolute Gasteiger partial charge is 0.455 e. The number of nitrogens with one attached hydrogen (secondary N) is 1. The highest BCUT2D eigenvalue weighted by Crippen LogP contribution is 2.22. The number of fused-ring (bicyclic) bond motifs is 1. The van der Waals surface area contributed by atoms with E-state index in [0.29, 0.717) is 11.5 Å². The molecule has 0 saturated carbocycles. The number of nitrogens with zero attached hydrogens (tertiary/aromatic N) is 2. The van der Waals surface area contributed by atoms with E-state index in [1.807, 2.05) is 60.3 Å². The number of aromatic nitrogens is 2. The van der Waals surface area contributed by atoms with E-state index in [1.54, 1.807) is 18.3 Å². The van der Waals surface area contributed by atoms with E-state index in [0.717, 1.165) is 21.5 Å². The summed E-state index contributed by atoms with van der Waals surface area (Å²) >= 11 is 1.53. The molecule has 1 unspecified atom stereocenters. The second kappa shape index (κ2) is 8.55. The minimum absolute atomic E-state index is 0.106. The number of imidazole rings is 1. The summed E-state index contributed by atoms with van der Waals surface area (Å²) in [5.41, 5.74) is 0.760. The van der Waals surface area contributed by atoms with Crippen molar-refractivity contribution in [2.45, 2.75) is 17.0 Å². The van der Waals surface area contributed by atoms with Crippen LogP contribution in [0.2, 0.25) is 0 Å². The number of hydrogen-bond donors (Lipinski definition) is 2. The van der Waals surface area contributed by atoms with Crippen LogP contribution in [0, 0.1) is 0 Å². The van der Waals surface area contributed by atoms with Gasteiger partial charge in [0.05, 0.1) is 11.9 Å². The van der Waals surface area contributed by atoms with Crippen LogP contribution in [0.1, 0.15) is 28.0 Å². The Balaban J connectivity index is 1.33. The number of thioether (sulfide) groups is 1. The third-order valence-electron chi connectivity index (χ3n) is 4.62. The van der Waals surface area contributed by atoms with E-state index in [9.17, 15) is 9.90 Å². The van der Waals surface area contributed by atoms with Gasteiger partial charge >= 0.3 is 0 Å². The van der Waals surface area contributed by atoms with E-state index < -0.39 is 6.10 Å². The van der Waals surface area contributed by atoms with Crippen molar-refractivity contribution >= 4 is 28.4 Å². The molecule has 2 aromatic carbocycles. The Kier molecular flexibility index (Phi) is 5.69.